The zero-order valence-corrected chi connectivity index (χ0v) is 15.1. The maximum Gasteiger partial charge on any atom is 0.418 e. The second-order valence-corrected chi connectivity index (χ2v) is 6.72. The van der Waals surface area contributed by atoms with Gasteiger partial charge in [-0.2, -0.15) is 13.2 Å². The number of amides is 2. The molecule has 1 N–H and O–H groups in total. The largest absolute Gasteiger partial charge is 0.418 e. The van der Waals surface area contributed by atoms with Gasteiger partial charge in [0.1, 0.15) is 0 Å². The van der Waals surface area contributed by atoms with Gasteiger partial charge in [-0.15, -0.1) is 0 Å². The number of carbonyl (C=O) groups is 2. The summed E-state index contributed by atoms with van der Waals surface area (Å²) in [6, 6.07) is 4.33. The van der Waals surface area contributed by atoms with Crippen LogP contribution in [0.5, 0.6) is 0 Å². The second-order valence-electron chi connectivity index (χ2n) is 6.72. The lowest BCUT2D eigenvalue weighted by Crippen LogP contribution is -2.54. The predicted molar refractivity (Wildman–Crippen MR) is 92.5 cm³/mol. The number of alkyl halides is 3. The van der Waals surface area contributed by atoms with Crippen LogP contribution in [0.4, 0.5) is 18.9 Å². The Morgan fingerprint density at radius 3 is 2.15 bits per heavy atom. The smallest absolute Gasteiger partial charge is 0.340 e. The number of anilines is 1. The minimum atomic E-state index is -4.53. The van der Waals surface area contributed by atoms with Gasteiger partial charge in [0.15, 0.2) is 0 Å². The van der Waals surface area contributed by atoms with Crippen molar-refractivity contribution in [2.75, 3.05) is 31.5 Å². The Kier molecular flexibility index (Phi) is 6.28. The molecule has 0 aromatic heterocycles. The average Bonchev–Trinajstić information content (AvgIpc) is 2.60. The molecule has 144 valence electrons. The third kappa shape index (κ3) is 4.75. The number of benzene rings is 1. The van der Waals surface area contributed by atoms with Gasteiger partial charge in [0.05, 0.1) is 17.3 Å². The minimum absolute atomic E-state index is 0.0702. The molecule has 1 aromatic rings. The van der Waals surface area contributed by atoms with Crippen LogP contribution in [0.1, 0.15) is 26.3 Å². The highest BCUT2D eigenvalue weighted by atomic mass is 19.4. The lowest BCUT2D eigenvalue weighted by atomic mass is 10.1. The lowest BCUT2D eigenvalue weighted by molar-refractivity contribution is -0.137. The van der Waals surface area contributed by atoms with E-state index in [1.54, 1.807) is 11.8 Å². The first-order chi connectivity index (χ1) is 12.1. The minimum Gasteiger partial charge on any atom is -0.340 e. The Bertz CT molecular complexity index is 653. The van der Waals surface area contributed by atoms with Gasteiger partial charge < -0.3 is 10.2 Å². The molecule has 0 radical (unpaired) electrons. The molecule has 1 fully saturated rings. The van der Waals surface area contributed by atoms with Gasteiger partial charge in [0, 0.05) is 32.1 Å². The van der Waals surface area contributed by atoms with E-state index >= 15 is 0 Å². The maximum absolute atomic E-state index is 13.0. The first kappa shape index (κ1) is 20.2. The van der Waals surface area contributed by atoms with E-state index in [4.69, 9.17) is 0 Å². The van der Waals surface area contributed by atoms with Crippen LogP contribution >= 0.6 is 0 Å². The molecule has 1 aromatic carbocycles. The Morgan fingerprint density at radius 1 is 1.04 bits per heavy atom. The van der Waals surface area contributed by atoms with E-state index in [1.807, 2.05) is 18.7 Å². The van der Waals surface area contributed by atoms with Gasteiger partial charge >= 0.3 is 6.18 Å². The highest BCUT2D eigenvalue weighted by Crippen LogP contribution is 2.34. The molecule has 5 nitrogen and oxygen atoms in total. The molecular formula is C18H24F3N3O2. The molecule has 0 aliphatic carbocycles. The SMILES string of the molecule is CC(C)C(=O)N1CCN(C(C)C(=O)Nc2ccccc2C(F)(F)F)CC1. The molecule has 1 heterocycles. The monoisotopic (exact) mass is 371 g/mol. The fourth-order valence-corrected chi connectivity index (χ4v) is 2.94. The highest BCUT2D eigenvalue weighted by molar-refractivity contribution is 5.95. The van der Waals surface area contributed by atoms with Crippen molar-refractivity contribution in [1.29, 1.82) is 0 Å². The lowest BCUT2D eigenvalue weighted by Gasteiger charge is -2.38. The molecule has 1 atom stereocenters. The molecule has 0 bridgehead atoms. The molecule has 1 aliphatic heterocycles. The van der Waals surface area contributed by atoms with Gasteiger partial charge in [-0.05, 0) is 19.1 Å². The summed E-state index contributed by atoms with van der Waals surface area (Å²) in [6.45, 7) is 7.36. The number of hydrogen-bond donors (Lipinski definition) is 1. The zero-order valence-electron chi connectivity index (χ0n) is 15.1. The number of carbonyl (C=O) groups excluding carboxylic acids is 2. The van der Waals surface area contributed by atoms with Crippen molar-refractivity contribution in [3.8, 4) is 0 Å². The van der Waals surface area contributed by atoms with Crippen molar-refractivity contribution in [1.82, 2.24) is 9.80 Å². The third-order valence-corrected chi connectivity index (χ3v) is 4.54. The summed E-state index contributed by atoms with van der Waals surface area (Å²) in [6.07, 6.45) is -4.53. The van der Waals surface area contributed by atoms with Gasteiger partial charge in [-0.25, -0.2) is 0 Å². The van der Waals surface area contributed by atoms with E-state index in [1.165, 1.54) is 18.2 Å². The Balaban J connectivity index is 1.98. The number of nitrogens with zero attached hydrogens (tertiary/aromatic N) is 2. The van der Waals surface area contributed by atoms with E-state index < -0.39 is 23.7 Å². The maximum atomic E-state index is 13.0. The molecule has 0 spiro atoms. The molecule has 0 saturated carbocycles. The van der Waals surface area contributed by atoms with Gasteiger partial charge in [-0.1, -0.05) is 26.0 Å². The van der Waals surface area contributed by atoms with Crippen LogP contribution in [0.3, 0.4) is 0 Å². The fourth-order valence-electron chi connectivity index (χ4n) is 2.94. The molecule has 1 aliphatic rings. The number of piperazine rings is 1. The first-order valence-electron chi connectivity index (χ1n) is 8.61. The second kappa shape index (κ2) is 8.07. The first-order valence-corrected chi connectivity index (χ1v) is 8.61. The van der Waals surface area contributed by atoms with E-state index in [-0.39, 0.29) is 17.5 Å². The van der Waals surface area contributed by atoms with Crippen LogP contribution in [0.15, 0.2) is 24.3 Å². The summed E-state index contributed by atoms with van der Waals surface area (Å²) in [5.74, 6) is -0.507. The highest BCUT2D eigenvalue weighted by Gasteiger charge is 2.34. The van der Waals surface area contributed by atoms with Gasteiger partial charge in [0.25, 0.3) is 0 Å². The van der Waals surface area contributed by atoms with Gasteiger partial charge in [-0.3, -0.25) is 14.5 Å². The van der Waals surface area contributed by atoms with Crippen LogP contribution in [-0.4, -0.2) is 53.8 Å². The fraction of sp³-hybridized carbons (Fsp3) is 0.556. The number of para-hydroxylation sites is 1. The Hall–Kier alpha value is -2.09. The third-order valence-electron chi connectivity index (χ3n) is 4.54. The standard InChI is InChI=1S/C18H24F3N3O2/c1-12(2)17(26)24-10-8-23(9-11-24)13(3)16(25)22-15-7-5-4-6-14(15)18(19,20)21/h4-7,12-13H,8-11H2,1-3H3,(H,22,25). The van der Waals surface area contributed by atoms with Crippen LogP contribution in [0.25, 0.3) is 0 Å². The summed E-state index contributed by atoms with van der Waals surface area (Å²) in [5.41, 5.74) is -1.11. The number of hydrogen-bond acceptors (Lipinski definition) is 3. The van der Waals surface area contributed by atoms with Gasteiger partial charge in [0.2, 0.25) is 11.8 Å². The van der Waals surface area contributed by atoms with Crippen LogP contribution in [0.2, 0.25) is 0 Å². The van der Waals surface area contributed by atoms with Crippen molar-refractivity contribution >= 4 is 17.5 Å². The van der Waals surface area contributed by atoms with Crippen molar-refractivity contribution in [3.05, 3.63) is 29.8 Å². The van der Waals surface area contributed by atoms with E-state index in [0.29, 0.717) is 26.2 Å². The molecule has 8 heteroatoms. The summed E-state index contributed by atoms with van der Waals surface area (Å²) in [5, 5.41) is 2.39. The van der Waals surface area contributed by atoms with Crippen molar-refractivity contribution < 1.29 is 22.8 Å². The summed E-state index contributed by atoms with van der Waals surface area (Å²) < 4.78 is 39.1. The van der Waals surface area contributed by atoms with Crippen LogP contribution in [-0.2, 0) is 15.8 Å². The number of rotatable bonds is 4. The molecule has 2 rings (SSSR count). The normalized spacial score (nSPS) is 17.3. The average molecular weight is 371 g/mol. The van der Waals surface area contributed by atoms with Crippen LogP contribution < -0.4 is 5.32 Å². The quantitative estimate of drug-likeness (QED) is 0.886. The molecule has 26 heavy (non-hydrogen) atoms. The summed E-state index contributed by atoms with van der Waals surface area (Å²) in [4.78, 5) is 28.0. The molecule has 1 saturated heterocycles. The Morgan fingerprint density at radius 2 is 1.62 bits per heavy atom. The van der Waals surface area contributed by atoms with E-state index in [0.717, 1.165) is 6.07 Å². The topological polar surface area (TPSA) is 52.7 Å². The van der Waals surface area contributed by atoms with Crippen molar-refractivity contribution in [3.63, 3.8) is 0 Å². The van der Waals surface area contributed by atoms with E-state index in [2.05, 4.69) is 5.32 Å². The van der Waals surface area contributed by atoms with Crippen LogP contribution in [0, 0.1) is 5.92 Å². The Labute approximate surface area is 151 Å². The molecule has 2 amide bonds. The summed E-state index contributed by atoms with van der Waals surface area (Å²) in [7, 11) is 0. The number of nitrogens with one attached hydrogen (secondary N) is 1. The predicted octanol–water partition coefficient (Wildman–Crippen LogP) is 2.83. The number of halogens is 3. The molecule has 1 unspecified atom stereocenters. The van der Waals surface area contributed by atoms with Crippen molar-refractivity contribution in [2.24, 2.45) is 5.92 Å². The van der Waals surface area contributed by atoms with E-state index in [9.17, 15) is 22.8 Å². The molecular weight excluding hydrogens is 347 g/mol. The summed E-state index contributed by atoms with van der Waals surface area (Å²) >= 11 is 0. The zero-order chi connectivity index (χ0) is 19.5. The van der Waals surface area contributed by atoms with Crippen molar-refractivity contribution in [2.45, 2.75) is 33.0 Å².